The molecule has 1 N–H and O–H groups in total. The van der Waals surface area contributed by atoms with Gasteiger partial charge in [-0.1, -0.05) is 47.5 Å². The molecular weight excluding hydrogens is 697 g/mol. The first-order chi connectivity index (χ1) is 25.1. The van der Waals surface area contributed by atoms with Gasteiger partial charge >= 0.3 is 0 Å². The highest BCUT2D eigenvalue weighted by Gasteiger charge is 2.64. The smallest absolute Gasteiger partial charge is 0.254 e. The summed E-state index contributed by atoms with van der Waals surface area (Å²) in [5, 5.41) is 4.79. The summed E-state index contributed by atoms with van der Waals surface area (Å²) in [5.41, 5.74) is 1.17. The molecule has 2 heterocycles. The Morgan fingerprint density at radius 3 is 2.38 bits per heavy atom. The number of sulfonamides is 1. The van der Waals surface area contributed by atoms with Crippen molar-refractivity contribution < 1.29 is 32.3 Å². The summed E-state index contributed by atoms with van der Waals surface area (Å²) in [7, 11) is -0.417. The molecule has 0 radical (unpaired) electrons. The Kier molecular flexibility index (Phi) is 10.9. The molecule has 14 heteroatoms. The van der Waals surface area contributed by atoms with Crippen LogP contribution in [0.2, 0.25) is 0 Å². The van der Waals surface area contributed by atoms with Crippen molar-refractivity contribution in [1.82, 2.24) is 29.4 Å². The van der Waals surface area contributed by atoms with Crippen LogP contribution >= 0.6 is 0 Å². The number of ketones is 1. The molecule has 6 rings (SSSR count). The molecule has 3 aromatic rings. The van der Waals surface area contributed by atoms with Crippen molar-refractivity contribution in [3.63, 3.8) is 0 Å². The molecule has 13 nitrogen and oxygen atoms in total. The number of Topliss-reactive ketones (excluding diaryl/α,β-unsaturated/α-hetero) is 1. The van der Waals surface area contributed by atoms with Gasteiger partial charge in [0.25, 0.3) is 5.95 Å². The first-order valence-electron chi connectivity index (χ1n) is 19.1. The Morgan fingerprint density at radius 2 is 1.77 bits per heavy atom. The lowest BCUT2D eigenvalue weighted by Gasteiger charge is -2.29. The third kappa shape index (κ3) is 7.52. The molecule has 1 unspecified atom stereocenters. The molecule has 0 spiro atoms. The van der Waals surface area contributed by atoms with Crippen LogP contribution < -0.4 is 14.2 Å². The molecule has 2 aromatic heterocycles. The summed E-state index contributed by atoms with van der Waals surface area (Å²) in [6, 6.07) is 5.61. The van der Waals surface area contributed by atoms with Crippen molar-refractivity contribution >= 4 is 38.5 Å². The van der Waals surface area contributed by atoms with Crippen molar-refractivity contribution in [2.24, 2.45) is 29.1 Å². The molecule has 6 atom stereocenters. The van der Waals surface area contributed by atoms with Crippen molar-refractivity contribution in [1.29, 1.82) is 0 Å². The van der Waals surface area contributed by atoms with Gasteiger partial charge in [-0.25, -0.2) is 18.1 Å². The number of rotatable bonds is 16. The highest BCUT2D eigenvalue weighted by atomic mass is 32.2. The summed E-state index contributed by atoms with van der Waals surface area (Å²) in [6.07, 6.45) is 6.06. The van der Waals surface area contributed by atoms with Gasteiger partial charge in [0.15, 0.2) is 0 Å². The molecule has 1 aromatic carbocycles. The summed E-state index contributed by atoms with van der Waals surface area (Å²) in [4.78, 5) is 53.8. The lowest BCUT2D eigenvalue weighted by Crippen LogP contribution is -2.46. The maximum atomic E-state index is 14.6. The van der Waals surface area contributed by atoms with Crippen LogP contribution in [0, 0.1) is 36.0 Å². The average Bonchev–Trinajstić information content (AvgIpc) is 4.00. The van der Waals surface area contributed by atoms with Crippen molar-refractivity contribution in [3.8, 4) is 17.6 Å². The van der Waals surface area contributed by atoms with Gasteiger partial charge in [-0.05, 0) is 75.5 Å². The zero-order valence-electron chi connectivity index (χ0n) is 32.2. The van der Waals surface area contributed by atoms with Gasteiger partial charge < -0.3 is 14.4 Å². The normalized spacial score (nSPS) is 24.6. The van der Waals surface area contributed by atoms with Crippen LogP contribution in [0.1, 0.15) is 103 Å². The maximum Gasteiger partial charge on any atom is 0.254 e. The van der Waals surface area contributed by atoms with E-state index in [4.69, 9.17) is 24.5 Å². The van der Waals surface area contributed by atoms with Gasteiger partial charge in [-0.2, -0.15) is 10.1 Å². The minimum atomic E-state index is -3.79. The van der Waals surface area contributed by atoms with E-state index in [1.165, 1.54) is 0 Å². The fourth-order valence-electron chi connectivity index (χ4n) is 8.10. The molecule has 3 aliphatic carbocycles. The number of ether oxygens (including phenoxy) is 2. The minimum absolute atomic E-state index is 0.136. The van der Waals surface area contributed by atoms with Crippen LogP contribution in [0.25, 0.3) is 16.9 Å². The van der Waals surface area contributed by atoms with E-state index in [1.54, 1.807) is 30.7 Å². The highest BCUT2D eigenvalue weighted by molar-refractivity contribution is 7.90. The second-order valence-electron chi connectivity index (χ2n) is 15.8. The Hall–Kier alpha value is -4.07. The second-order valence-corrected chi connectivity index (χ2v) is 17.8. The van der Waals surface area contributed by atoms with E-state index < -0.39 is 50.5 Å². The number of nitrogens with zero attached hydrogens (tertiary/aromatic N) is 5. The third-order valence-corrected chi connectivity index (χ3v) is 13.6. The number of methoxy groups -OCH3 is 1. The number of hydrogen-bond donors (Lipinski definition) is 1. The quantitative estimate of drug-likeness (QED) is 0.185. The summed E-state index contributed by atoms with van der Waals surface area (Å²) < 4.78 is 41.8. The molecule has 2 amide bonds. The molecular formula is C39H54N6O7S. The van der Waals surface area contributed by atoms with E-state index >= 15 is 0 Å². The Morgan fingerprint density at radius 1 is 1.08 bits per heavy atom. The molecule has 3 saturated carbocycles. The maximum absolute atomic E-state index is 14.6. The number of aromatic nitrogens is 4. The van der Waals surface area contributed by atoms with Gasteiger partial charge in [-0.15, -0.1) is 0 Å². The van der Waals surface area contributed by atoms with Crippen molar-refractivity contribution in [2.75, 3.05) is 20.7 Å². The molecule has 3 aliphatic rings. The SMILES string of the molecule is CCCCCN(C)C(=O)[C@@H]1C[C@H](Oc2nc(-n3ccc(C(C)C)n3)nc3c(C)c(OC)ccc23)C[C@H]1C(=O)C(C)[C@]1(C(=O)NS(=O)(=O)C2CC2)C[C@H]1C. The van der Waals surface area contributed by atoms with Gasteiger partial charge in [0.05, 0.1) is 40.3 Å². The minimum Gasteiger partial charge on any atom is -0.496 e. The van der Waals surface area contributed by atoms with Gasteiger partial charge in [0.2, 0.25) is 27.7 Å². The number of carbonyl (C=O) groups is 3. The summed E-state index contributed by atoms with van der Waals surface area (Å²) in [6.45, 7) is 12.3. The predicted octanol–water partition coefficient (Wildman–Crippen LogP) is 5.52. The molecule has 3 fully saturated rings. The first kappa shape index (κ1) is 38.6. The van der Waals surface area contributed by atoms with E-state index in [-0.39, 0.29) is 36.4 Å². The van der Waals surface area contributed by atoms with E-state index in [2.05, 4.69) is 25.5 Å². The Balaban J connectivity index is 1.32. The fraction of sp³-hybridized carbons (Fsp3) is 0.641. The fourth-order valence-corrected chi connectivity index (χ4v) is 9.47. The predicted molar refractivity (Wildman–Crippen MR) is 200 cm³/mol. The van der Waals surface area contributed by atoms with Crippen LogP contribution in [0.15, 0.2) is 24.4 Å². The zero-order valence-corrected chi connectivity index (χ0v) is 33.0. The molecule has 0 saturated heterocycles. The van der Waals surface area contributed by atoms with Crippen LogP contribution in [0.3, 0.4) is 0 Å². The highest BCUT2D eigenvalue weighted by Crippen LogP contribution is 2.59. The monoisotopic (exact) mass is 750 g/mol. The lowest BCUT2D eigenvalue weighted by atomic mass is 9.77. The molecule has 288 valence electrons. The number of unbranched alkanes of at least 4 members (excludes halogenated alkanes) is 2. The zero-order chi connectivity index (χ0) is 38.4. The molecule has 53 heavy (non-hydrogen) atoms. The van der Waals surface area contributed by atoms with Gasteiger partial charge in [-0.3, -0.25) is 19.1 Å². The number of carbonyl (C=O) groups excluding carboxylic acids is 3. The molecule has 0 aliphatic heterocycles. The lowest BCUT2D eigenvalue weighted by molar-refractivity contribution is -0.142. The average molecular weight is 751 g/mol. The summed E-state index contributed by atoms with van der Waals surface area (Å²) in [5.74, 6) is -1.88. The van der Waals surface area contributed by atoms with Crippen LogP contribution in [0.5, 0.6) is 11.6 Å². The topological polar surface area (TPSA) is 163 Å². The Bertz CT molecular complexity index is 1990. The van der Waals surface area contributed by atoms with Gasteiger partial charge in [0.1, 0.15) is 17.6 Å². The largest absolute Gasteiger partial charge is 0.496 e. The number of benzene rings is 1. The van der Waals surface area contributed by atoms with Crippen LogP contribution in [-0.4, -0.2) is 82.7 Å². The van der Waals surface area contributed by atoms with E-state index in [9.17, 15) is 22.8 Å². The standard InChI is InChI=1S/C39H54N6O7S/c1-9-10-11-17-44(7)36(47)30-20-26(19-29(30)34(46)25(6)39(21-23(39)4)37(48)43-53(49,50)27-12-13-27)52-35-28-14-15-32(51-8)24(5)33(28)40-38(41-35)45-18-16-31(42-45)22(2)3/h14-16,18,22-23,25-27,29-30H,9-13,17,19-21H2,1-8H3,(H,43,48)/t23-,25?,26-,29-,30-,39+/m1/s1. The molecule has 0 bridgehead atoms. The van der Waals surface area contributed by atoms with Gasteiger partial charge in [0, 0.05) is 37.2 Å². The first-order valence-corrected chi connectivity index (χ1v) is 20.6. The number of aryl methyl sites for hydroxylation is 1. The number of nitrogens with one attached hydrogen (secondary N) is 1. The third-order valence-electron chi connectivity index (χ3n) is 11.8. The van der Waals surface area contributed by atoms with E-state index in [0.29, 0.717) is 54.3 Å². The Labute approximate surface area is 312 Å². The number of fused-ring (bicyclic) bond motifs is 1. The van der Waals surface area contributed by atoms with E-state index in [0.717, 1.165) is 30.5 Å². The van der Waals surface area contributed by atoms with Crippen molar-refractivity contribution in [2.45, 2.75) is 110 Å². The van der Waals surface area contributed by atoms with E-state index in [1.807, 2.05) is 38.2 Å². The van der Waals surface area contributed by atoms with Crippen LogP contribution in [-0.2, 0) is 24.4 Å². The number of hydrogen-bond acceptors (Lipinski definition) is 10. The number of amides is 2. The second kappa shape index (κ2) is 15.0. The van der Waals surface area contributed by atoms with Crippen LogP contribution in [0.4, 0.5) is 0 Å². The summed E-state index contributed by atoms with van der Waals surface area (Å²) >= 11 is 0. The van der Waals surface area contributed by atoms with Crippen molar-refractivity contribution in [3.05, 3.63) is 35.7 Å².